The summed E-state index contributed by atoms with van der Waals surface area (Å²) in [6.45, 7) is -0.0875. The lowest BCUT2D eigenvalue weighted by atomic mass is 10.1. The second kappa shape index (κ2) is 7.63. The number of carbonyl (C=O) groups is 1. The molecule has 1 aromatic heterocycles. The maximum absolute atomic E-state index is 12.1. The number of benzene rings is 2. The van der Waals surface area contributed by atoms with Gasteiger partial charge < -0.3 is 14.0 Å². The highest BCUT2D eigenvalue weighted by Crippen LogP contribution is 2.22. The van der Waals surface area contributed by atoms with Crippen molar-refractivity contribution in [3.05, 3.63) is 65.9 Å². The molecule has 3 rings (SSSR count). The first-order valence-corrected chi connectivity index (χ1v) is 9.83. The van der Waals surface area contributed by atoms with Crippen LogP contribution in [0.2, 0.25) is 0 Å². The fraction of sp³-hybridized carbons (Fsp3) is 0.158. The van der Waals surface area contributed by atoms with Crippen LogP contribution >= 0.6 is 0 Å². The zero-order chi connectivity index (χ0) is 19.4. The van der Waals surface area contributed by atoms with Crippen LogP contribution in [0.1, 0.15) is 16.1 Å². The average Bonchev–Trinajstić information content (AvgIpc) is 3.14. The van der Waals surface area contributed by atoms with Gasteiger partial charge in [0.15, 0.2) is 22.2 Å². The Morgan fingerprint density at radius 1 is 1.07 bits per heavy atom. The summed E-state index contributed by atoms with van der Waals surface area (Å²) in [6, 6.07) is 14.5. The van der Waals surface area contributed by atoms with E-state index in [9.17, 15) is 13.2 Å². The standard InChI is InChI=1S/C19H17NO6S/c1-24-15-7-3-13(4-8-15)18-11-16(26-20-18)12-25-19(21)14-5-9-17(10-6-14)27(2,22)23/h3-11H,12H2,1-2H3. The highest BCUT2D eigenvalue weighted by Gasteiger charge is 2.13. The predicted molar refractivity (Wildman–Crippen MR) is 97.2 cm³/mol. The summed E-state index contributed by atoms with van der Waals surface area (Å²) in [7, 11) is -1.72. The number of aromatic nitrogens is 1. The molecule has 0 aliphatic rings. The van der Waals surface area contributed by atoms with Crippen molar-refractivity contribution < 1.29 is 27.2 Å². The van der Waals surface area contributed by atoms with Gasteiger partial charge in [-0.25, -0.2) is 13.2 Å². The third-order valence-electron chi connectivity index (χ3n) is 3.81. The van der Waals surface area contributed by atoms with E-state index in [0.717, 1.165) is 17.6 Å². The molecule has 0 fully saturated rings. The Balaban J connectivity index is 1.63. The highest BCUT2D eigenvalue weighted by atomic mass is 32.2. The molecular weight excluding hydrogens is 370 g/mol. The molecule has 0 radical (unpaired) electrons. The molecule has 0 aliphatic carbocycles. The summed E-state index contributed by atoms with van der Waals surface area (Å²) < 4.78 is 38.4. The number of hydrogen-bond donors (Lipinski definition) is 0. The molecule has 140 valence electrons. The summed E-state index contributed by atoms with van der Waals surface area (Å²) in [5, 5.41) is 3.96. The van der Waals surface area contributed by atoms with Crippen molar-refractivity contribution in [3.63, 3.8) is 0 Å². The van der Waals surface area contributed by atoms with Gasteiger partial charge in [-0.15, -0.1) is 0 Å². The van der Waals surface area contributed by atoms with Crippen molar-refractivity contribution in [2.45, 2.75) is 11.5 Å². The Kier molecular flexibility index (Phi) is 5.27. The maximum Gasteiger partial charge on any atom is 0.338 e. The zero-order valence-corrected chi connectivity index (χ0v) is 15.5. The first kappa shape index (κ1) is 18.7. The lowest BCUT2D eigenvalue weighted by Gasteiger charge is -2.03. The van der Waals surface area contributed by atoms with Crippen LogP contribution in [0.3, 0.4) is 0 Å². The van der Waals surface area contributed by atoms with Gasteiger partial charge in [-0.3, -0.25) is 0 Å². The first-order valence-electron chi connectivity index (χ1n) is 7.94. The van der Waals surface area contributed by atoms with Gasteiger partial charge in [0.05, 0.1) is 17.6 Å². The largest absolute Gasteiger partial charge is 0.497 e. The Labute approximate surface area is 156 Å². The Bertz CT molecular complexity index is 1040. The van der Waals surface area contributed by atoms with Crippen molar-refractivity contribution in [3.8, 4) is 17.0 Å². The third-order valence-corrected chi connectivity index (χ3v) is 4.94. The van der Waals surface area contributed by atoms with Crippen LogP contribution in [0, 0.1) is 0 Å². The van der Waals surface area contributed by atoms with Crippen LogP contribution in [-0.4, -0.2) is 32.9 Å². The first-order chi connectivity index (χ1) is 12.9. The van der Waals surface area contributed by atoms with Crippen molar-refractivity contribution >= 4 is 15.8 Å². The molecule has 1 heterocycles. The van der Waals surface area contributed by atoms with Gasteiger partial charge in [0.2, 0.25) is 0 Å². The molecule has 0 bridgehead atoms. The fourth-order valence-corrected chi connectivity index (χ4v) is 2.97. The van der Waals surface area contributed by atoms with E-state index >= 15 is 0 Å². The van der Waals surface area contributed by atoms with Crippen molar-refractivity contribution in [2.24, 2.45) is 0 Å². The van der Waals surface area contributed by atoms with E-state index < -0.39 is 15.8 Å². The number of sulfone groups is 1. The van der Waals surface area contributed by atoms with E-state index in [-0.39, 0.29) is 17.1 Å². The molecule has 0 saturated heterocycles. The third kappa shape index (κ3) is 4.53. The van der Waals surface area contributed by atoms with Gasteiger partial charge in [-0.2, -0.15) is 0 Å². The molecule has 0 saturated carbocycles. The SMILES string of the molecule is COc1ccc(-c2cc(COC(=O)c3ccc(S(C)(=O)=O)cc3)on2)cc1. The van der Waals surface area contributed by atoms with Gasteiger partial charge in [-0.05, 0) is 48.5 Å². The van der Waals surface area contributed by atoms with Gasteiger partial charge in [0, 0.05) is 17.9 Å². The van der Waals surface area contributed by atoms with Crippen LogP contribution in [-0.2, 0) is 21.2 Å². The molecule has 27 heavy (non-hydrogen) atoms. The lowest BCUT2D eigenvalue weighted by molar-refractivity contribution is 0.0437. The van der Waals surface area contributed by atoms with Crippen LogP contribution in [0.5, 0.6) is 5.75 Å². The van der Waals surface area contributed by atoms with E-state index in [1.54, 1.807) is 13.2 Å². The Morgan fingerprint density at radius 3 is 2.33 bits per heavy atom. The molecular formula is C19H17NO6S. The normalized spacial score (nSPS) is 11.2. The van der Waals surface area contributed by atoms with Gasteiger partial charge in [0.1, 0.15) is 11.4 Å². The number of carbonyl (C=O) groups excluding carboxylic acids is 1. The van der Waals surface area contributed by atoms with E-state index in [1.165, 1.54) is 24.3 Å². The molecule has 0 aliphatic heterocycles. The smallest absolute Gasteiger partial charge is 0.338 e. The summed E-state index contributed by atoms with van der Waals surface area (Å²) in [4.78, 5) is 12.2. The van der Waals surface area contributed by atoms with Crippen molar-refractivity contribution in [2.75, 3.05) is 13.4 Å². The van der Waals surface area contributed by atoms with E-state index in [1.807, 2.05) is 24.3 Å². The minimum absolute atomic E-state index is 0.0875. The lowest BCUT2D eigenvalue weighted by Crippen LogP contribution is -2.05. The molecule has 0 atom stereocenters. The van der Waals surface area contributed by atoms with Crippen LogP contribution < -0.4 is 4.74 Å². The molecule has 0 amide bonds. The van der Waals surface area contributed by atoms with Gasteiger partial charge >= 0.3 is 5.97 Å². The van der Waals surface area contributed by atoms with Crippen molar-refractivity contribution in [1.29, 1.82) is 0 Å². The molecule has 2 aromatic carbocycles. The topological polar surface area (TPSA) is 95.7 Å². The monoisotopic (exact) mass is 387 g/mol. The van der Waals surface area contributed by atoms with Crippen LogP contribution in [0.15, 0.2) is 64.0 Å². The minimum atomic E-state index is -3.31. The van der Waals surface area contributed by atoms with E-state index in [2.05, 4.69) is 5.16 Å². The second-order valence-electron chi connectivity index (χ2n) is 5.78. The molecule has 8 heteroatoms. The molecule has 3 aromatic rings. The Hall–Kier alpha value is -3.13. The van der Waals surface area contributed by atoms with Crippen LogP contribution in [0.4, 0.5) is 0 Å². The number of esters is 1. The van der Waals surface area contributed by atoms with Crippen molar-refractivity contribution in [1.82, 2.24) is 5.16 Å². The summed E-state index contributed by atoms with van der Waals surface area (Å²) in [5.41, 5.74) is 1.70. The fourth-order valence-electron chi connectivity index (χ4n) is 2.34. The number of ether oxygens (including phenoxy) is 2. The number of methoxy groups -OCH3 is 1. The summed E-state index contributed by atoms with van der Waals surface area (Å²) in [5.74, 6) is 0.540. The number of nitrogens with zero attached hydrogens (tertiary/aromatic N) is 1. The quantitative estimate of drug-likeness (QED) is 0.600. The zero-order valence-electron chi connectivity index (χ0n) is 14.7. The average molecular weight is 387 g/mol. The predicted octanol–water partition coefficient (Wildman–Crippen LogP) is 3.11. The van der Waals surface area contributed by atoms with E-state index in [0.29, 0.717) is 11.5 Å². The van der Waals surface area contributed by atoms with Crippen LogP contribution in [0.25, 0.3) is 11.3 Å². The molecule has 0 spiro atoms. The maximum atomic E-state index is 12.1. The highest BCUT2D eigenvalue weighted by molar-refractivity contribution is 7.90. The van der Waals surface area contributed by atoms with Gasteiger partial charge in [-0.1, -0.05) is 5.16 Å². The minimum Gasteiger partial charge on any atom is -0.497 e. The summed E-state index contributed by atoms with van der Waals surface area (Å²) in [6.07, 6.45) is 1.10. The second-order valence-corrected chi connectivity index (χ2v) is 7.80. The molecule has 0 unspecified atom stereocenters. The number of rotatable bonds is 6. The number of hydrogen-bond acceptors (Lipinski definition) is 7. The molecule has 0 N–H and O–H groups in total. The summed E-state index contributed by atoms with van der Waals surface area (Å²) >= 11 is 0. The Morgan fingerprint density at radius 2 is 1.74 bits per heavy atom. The van der Waals surface area contributed by atoms with E-state index in [4.69, 9.17) is 14.0 Å². The molecule has 7 nitrogen and oxygen atoms in total. The van der Waals surface area contributed by atoms with Gasteiger partial charge in [0.25, 0.3) is 0 Å².